The molecule has 1 unspecified atom stereocenters. The van der Waals surface area contributed by atoms with E-state index in [0.29, 0.717) is 24.8 Å². The van der Waals surface area contributed by atoms with E-state index in [1.54, 1.807) is 12.3 Å². The predicted octanol–water partition coefficient (Wildman–Crippen LogP) is 1.53. The van der Waals surface area contributed by atoms with Gasteiger partial charge in [0.05, 0.1) is 6.54 Å². The molecule has 22 heavy (non-hydrogen) atoms. The average molecular weight is 305 g/mol. The topological polar surface area (TPSA) is 75.4 Å². The minimum Gasteiger partial charge on any atom is -0.384 e. The summed E-state index contributed by atoms with van der Waals surface area (Å²) in [5.41, 5.74) is 5.72. The molecule has 0 spiro atoms. The second-order valence-corrected chi connectivity index (χ2v) is 7.33. The Balaban J connectivity index is 1.88. The van der Waals surface area contributed by atoms with Crippen LogP contribution in [0.2, 0.25) is 0 Å². The highest BCUT2D eigenvalue weighted by Gasteiger charge is 2.30. The molecule has 2 N–H and O–H groups in total. The van der Waals surface area contributed by atoms with Gasteiger partial charge in [0, 0.05) is 31.7 Å². The van der Waals surface area contributed by atoms with Crippen LogP contribution < -0.4 is 5.73 Å². The smallest absolute Gasteiger partial charge is 0.223 e. The van der Waals surface area contributed by atoms with Gasteiger partial charge in [-0.1, -0.05) is 20.8 Å². The number of likely N-dealkylation sites (N-methyl/N-ethyl adjacent to an activating group) is 1. The quantitative estimate of drug-likeness (QED) is 0.913. The Labute approximate surface area is 132 Å². The van der Waals surface area contributed by atoms with Gasteiger partial charge in [-0.15, -0.1) is 0 Å². The number of carbonyl (C=O) groups is 1. The highest BCUT2D eigenvalue weighted by atomic mass is 16.2. The third kappa shape index (κ3) is 4.66. The Bertz CT molecular complexity index is 526. The number of hydrogen-bond acceptors (Lipinski definition) is 5. The zero-order valence-corrected chi connectivity index (χ0v) is 14.0. The SMILES string of the molecule is CN(Cc1nccc(N)n1)C1CCN(C(=O)CC(C)(C)C)C1. The van der Waals surface area contributed by atoms with E-state index in [4.69, 9.17) is 5.73 Å². The monoisotopic (exact) mass is 305 g/mol. The molecule has 1 aromatic heterocycles. The van der Waals surface area contributed by atoms with E-state index in [2.05, 4.69) is 42.7 Å². The Morgan fingerprint density at radius 2 is 2.23 bits per heavy atom. The number of likely N-dealkylation sites (tertiary alicyclic amines) is 1. The van der Waals surface area contributed by atoms with Crippen molar-refractivity contribution < 1.29 is 4.79 Å². The van der Waals surface area contributed by atoms with Crippen molar-refractivity contribution in [3.8, 4) is 0 Å². The van der Waals surface area contributed by atoms with Crippen molar-refractivity contribution in [2.45, 2.75) is 46.2 Å². The van der Waals surface area contributed by atoms with Crippen LogP contribution in [0.4, 0.5) is 5.82 Å². The Morgan fingerprint density at radius 3 is 2.86 bits per heavy atom. The molecule has 0 aromatic carbocycles. The van der Waals surface area contributed by atoms with Crippen molar-refractivity contribution in [1.29, 1.82) is 0 Å². The standard InChI is InChI=1S/C16H27N5O/c1-16(2,3)9-15(22)21-8-6-12(10-21)20(4)11-14-18-7-5-13(17)19-14/h5,7,12H,6,8-11H2,1-4H3,(H2,17,18,19). The molecular weight excluding hydrogens is 278 g/mol. The number of rotatable bonds is 4. The average Bonchev–Trinajstić information content (AvgIpc) is 2.86. The van der Waals surface area contributed by atoms with Gasteiger partial charge in [-0.2, -0.15) is 0 Å². The van der Waals surface area contributed by atoms with Crippen molar-refractivity contribution in [3.05, 3.63) is 18.1 Å². The van der Waals surface area contributed by atoms with Gasteiger partial charge in [0.2, 0.25) is 5.91 Å². The van der Waals surface area contributed by atoms with Crippen LogP contribution in [0.3, 0.4) is 0 Å². The summed E-state index contributed by atoms with van der Waals surface area (Å²) in [6.45, 7) is 8.57. The van der Waals surface area contributed by atoms with Crippen LogP contribution in [-0.2, 0) is 11.3 Å². The molecule has 0 aliphatic carbocycles. The number of aromatic nitrogens is 2. The molecule has 6 nitrogen and oxygen atoms in total. The van der Waals surface area contributed by atoms with E-state index in [1.807, 2.05) is 4.90 Å². The molecule has 2 rings (SSSR count). The molecule has 1 aliphatic rings. The maximum atomic E-state index is 12.3. The molecule has 0 saturated carbocycles. The van der Waals surface area contributed by atoms with Gasteiger partial charge in [0.15, 0.2) is 0 Å². The van der Waals surface area contributed by atoms with Crippen LogP contribution in [-0.4, -0.2) is 51.9 Å². The molecule has 0 bridgehead atoms. The number of anilines is 1. The van der Waals surface area contributed by atoms with Gasteiger partial charge in [0.1, 0.15) is 11.6 Å². The van der Waals surface area contributed by atoms with Gasteiger partial charge in [0.25, 0.3) is 0 Å². The Morgan fingerprint density at radius 1 is 1.50 bits per heavy atom. The fourth-order valence-corrected chi connectivity index (χ4v) is 2.74. The van der Waals surface area contributed by atoms with Crippen LogP contribution in [0.15, 0.2) is 12.3 Å². The molecule has 0 radical (unpaired) electrons. The van der Waals surface area contributed by atoms with E-state index in [0.717, 1.165) is 25.3 Å². The number of nitrogen functional groups attached to an aromatic ring is 1. The third-order valence-corrected chi connectivity index (χ3v) is 3.94. The molecule has 1 saturated heterocycles. The van der Waals surface area contributed by atoms with E-state index in [-0.39, 0.29) is 11.3 Å². The lowest BCUT2D eigenvalue weighted by atomic mass is 9.92. The highest BCUT2D eigenvalue weighted by molar-refractivity contribution is 5.77. The van der Waals surface area contributed by atoms with E-state index in [9.17, 15) is 4.79 Å². The van der Waals surface area contributed by atoms with Crippen molar-refractivity contribution in [3.63, 3.8) is 0 Å². The Kier molecular flexibility index (Phi) is 5.01. The van der Waals surface area contributed by atoms with Crippen LogP contribution >= 0.6 is 0 Å². The third-order valence-electron chi connectivity index (χ3n) is 3.94. The minimum atomic E-state index is 0.0382. The lowest BCUT2D eigenvalue weighted by Gasteiger charge is -2.25. The Hall–Kier alpha value is -1.69. The van der Waals surface area contributed by atoms with Crippen LogP contribution in [0.25, 0.3) is 0 Å². The number of nitrogens with zero attached hydrogens (tertiary/aromatic N) is 4. The molecule has 1 atom stereocenters. The normalized spacial score (nSPS) is 19.0. The second-order valence-electron chi connectivity index (χ2n) is 7.33. The molecule has 122 valence electrons. The molecular formula is C16H27N5O. The van der Waals surface area contributed by atoms with Gasteiger partial charge in [-0.05, 0) is 24.9 Å². The fourth-order valence-electron chi connectivity index (χ4n) is 2.74. The summed E-state index contributed by atoms with van der Waals surface area (Å²) in [6.07, 6.45) is 3.27. The summed E-state index contributed by atoms with van der Waals surface area (Å²) in [4.78, 5) is 25.0. The maximum absolute atomic E-state index is 12.3. The molecule has 1 amide bonds. The first kappa shape index (κ1) is 16.7. The van der Waals surface area contributed by atoms with Crippen molar-refractivity contribution in [2.75, 3.05) is 25.9 Å². The summed E-state index contributed by atoms with van der Waals surface area (Å²) >= 11 is 0. The summed E-state index contributed by atoms with van der Waals surface area (Å²) in [5.74, 6) is 1.47. The molecule has 6 heteroatoms. The summed E-state index contributed by atoms with van der Waals surface area (Å²) < 4.78 is 0. The zero-order valence-electron chi connectivity index (χ0n) is 14.0. The highest BCUT2D eigenvalue weighted by Crippen LogP contribution is 2.23. The van der Waals surface area contributed by atoms with Crippen molar-refractivity contribution in [1.82, 2.24) is 19.8 Å². The lowest BCUT2D eigenvalue weighted by Crippen LogP contribution is -2.37. The lowest BCUT2D eigenvalue weighted by molar-refractivity contribution is -0.132. The minimum absolute atomic E-state index is 0.0382. The van der Waals surface area contributed by atoms with E-state index >= 15 is 0 Å². The van der Waals surface area contributed by atoms with E-state index in [1.165, 1.54) is 0 Å². The van der Waals surface area contributed by atoms with Crippen molar-refractivity contribution in [2.24, 2.45) is 5.41 Å². The molecule has 1 aliphatic heterocycles. The zero-order chi connectivity index (χ0) is 16.3. The number of nitrogens with two attached hydrogens (primary N) is 1. The largest absolute Gasteiger partial charge is 0.384 e. The van der Waals surface area contributed by atoms with Gasteiger partial charge in [-0.25, -0.2) is 9.97 Å². The number of hydrogen-bond donors (Lipinski definition) is 1. The van der Waals surface area contributed by atoms with Crippen LogP contribution in [0.1, 0.15) is 39.4 Å². The number of amides is 1. The van der Waals surface area contributed by atoms with Crippen molar-refractivity contribution >= 4 is 11.7 Å². The van der Waals surface area contributed by atoms with Crippen LogP contribution in [0.5, 0.6) is 0 Å². The second kappa shape index (κ2) is 6.60. The number of carbonyl (C=O) groups excluding carboxylic acids is 1. The first-order valence-electron chi connectivity index (χ1n) is 7.80. The van der Waals surface area contributed by atoms with Gasteiger partial charge in [-0.3, -0.25) is 9.69 Å². The molecule has 1 fully saturated rings. The first-order valence-corrected chi connectivity index (χ1v) is 7.80. The van der Waals surface area contributed by atoms with Crippen LogP contribution in [0, 0.1) is 5.41 Å². The summed E-state index contributed by atoms with van der Waals surface area (Å²) in [5, 5.41) is 0. The molecule has 1 aromatic rings. The summed E-state index contributed by atoms with van der Waals surface area (Å²) in [6, 6.07) is 2.04. The van der Waals surface area contributed by atoms with Gasteiger partial charge >= 0.3 is 0 Å². The van der Waals surface area contributed by atoms with Gasteiger partial charge < -0.3 is 10.6 Å². The maximum Gasteiger partial charge on any atom is 0.223 e. The molecule has 2 heterocycles. The summed E-state index contributed by atoms with van der Waals surface area (Å²) in [7, 11) is 2.05. The van der Waals surface area contributed by atoms with E-state index < -0.39 is 0 Å². The fraction of sp³-hybridized carbons (Fsp3) is 0.688. The predicted molar refractivity (Wildman–Crippen MR) is 87.0 cm³/mol. The first-order chi connectivity index (χ1) is 10.2.